The second-order valence-electron chi connectivity index (χ2n) is 8.35. The average molecular weight is 421 g/mol. The number of carbonyl (C=O) groups is 2. The summed E-state index contributed by atoms with van der Waals surface area (Å²) in [4.78, 5) is 38.4. The Morgan fingerprint density at radius 2 is 1.90 bits per heavy atom. The Balaban J connectivity index is 1.57. The van der Waals surface area contributed by atoms with E-state index >= 15 is 0 Å². The number of hydrogen-bond acceptors (Lipinski definition) is 4. The molecule has 0 aliphatic heterocycles. The number of carbonyl (C=O) groups excluding carboxylic acids is 2. The largest absolute Gasteiger partial charge is 0.464 e. The maximum Gasteiger partial charge on any atom is 0.257 e. The van der Waals surface area contributed by atoms with Crippen LogP contribution in [0, 0.1) is 24.7 Å². The lowest BCUT2D eigenvalue weighted by molar-refractivity contribution is 0.0943. The van der Waals surface area contributed by atoms with Gasteiger partial charge in [-0.15, -0.1) is 6.58 Å². The second-order valence-corrected chi connectivity index (χ2v) is 8.35. The molecular formula is C24H27N3O4. The molecule has 2 aromatic rings. The molecule has 2 aliphatic rings. The van der Waals surface area contributed by atoms with Crippen molar-refractivity contribution in [3.63, 3.8) is 0 Å². The van der Waals surface area contributed by atoms with Gasteiger partial charge < -0.3 is 19.6 Å². The zero-order valence-electron chi connectivity index (χ0n) is 17.6. The van der Waals surface area contributed by atoms with Gasteiger partial charge in [-0.3, -0.25) is 14.4 Å². The van der Waals surface area contributed by atoms with E-state index in [0.717, 1.165) is 18.6 Å². The van der Waals surface area contributed by atoms with Gasteiger partial charge in [-0.1, -0.05) is 18.2 Å². The fourth-order valence-corrected chi connectivity index (χ4v) is 4.50. The van der Waals surface area contributed by atoms with Gasteiger partial charge >= 0.3 is 0 Å². The summed E-state index contributed by atoms with van der Waals surface area (Å²) < 4.78 is 7.24. The maximum absolute atomic E-state index is 13.0. The van der Waals surface area contributed by atoms with Gasteiger partial charge in [0, 0.05) is 25.5 Å². The summed E-state index contributed by atoms with van der Waals surface area (Å²) >= 11 is 0. The van der Waals surface area contributed by atoms with E-state index in [1.54, 1.807) is 4.57 Å². The predicted molar refractivity (Wildman–Crippen MR) is 117 cm³/mol. The van der Waals surface area contributed by atoms with Crippen LogP contribution in [-0.4, -0.2) is 29.5 Å². The number of aromatic nitrogens is 1. The van der Waals surface area contributed by atoms with E-state index in [4.69, 9.17) is 4.42 Å². The molecule has 0 spiro atoms. The highest BCUT2D eigenvalue weighted by molar-refractivity contribution is 5.99. The van der Waals surface area contributed by atoms with Gasteiger partial charge in [-0.05, 0) is 49.7 Å². The fraction of sp³-hybridized carbons (Fsp3) is 0.375. The molecule has 2 amide bonds. The van der Waals surface area contributed by atoms with E-state index in [-0.39, 0.29) is 17.7 Å². The van der Waals surface area contributed by atoms with Gasteiger partial charge in [0.25, 0.3) is 11.8 Å². The van der Waals surface area contributed by atoms with E-state index in [9.17, 15) is 14.4 Å². The van der Waals surface area contributed by atoms with Gasteiger partial charge in [-0.25, -0.2) is 0 Å². The first-order valence-corrected chi connectivity index (χ1v) is 10.6. The summed E-state index contributed by atoms with van der Waals surface area (Å²) in [5.41, 5.74) is -0.715. The number of amides is 2. The lowest BCUT2D eigenvalue weighted by Gasteiger charge is -2.18. The molecule has 7 heteroatoms. The van der Waals surface area contributed by atoms with Gasteiger partial charge in [0.15, 0.2) is 0 Å². The molecule has 0 aromatic carbocycles. The van der Waals surface area contributed by atoms with Crippen molar-refractivity contribution in [1.82, 2.24) is 15.2 Å². The minimum absolute atomic E-state index is 0.0479. The van der Waals surface area contributed by atoms with Crippen LogP contribution in [0.4, 0.5) is 0 Å². The minimum atomic E-state index is -0.584. The highest BCUT2D eigenvalue weighted by Crippen LogP contribution is 2.42. The molecule has 1 saturated carbocycles. The van der Waals surface area contributed by atoms with Crippen molar-refractivity contribution in [2.75, 3.05) is 13.1 Å². The van der Waals surface area contributed by atoms with Crippen molar-refractivity contribution in [2.45, 2.75) is 26.3 Å². The molecule has 2 heterocycles. The number of furan rings is 1. The van der Waals surface area contributed by atoms with E-state index in [0.29, 0.717) is 36.6 Å². The number of hydrogen-bond donors (Lipinski definition) is 2. The number of fused-ring (bicyclic) bond motifs is 2. The summed E-state index contributed by atoms with van der Waals surface area (Å²) in [6, 6.07) is 3.67. The van der Waals surface area contributed by atoms with Crippen LogP contribution >= 0.6 is 0 Å². The Morgan fingerprint density at radius 1 is 1.16 bits per heavy atom. The summed E-state index contributed by atoms with van der Waals surface area (Å²) in [7, 11) is 0. The average Bonchev–Trinajstić information content (AvgIpc) is 3.48. The zero-order chi connectivity index (χ0) is 22.0. The summed E-state index contributed by atoms with van der Waals surface area (Å²) in [6.45, 7) is 6.46. The molecular weight excluding hydrogens is 394 g/mol. The highest BCUT2D eigenvalue weighted by Gasteiger charge is 2.35. The van der Waals surface area contributed by atoms with Crippen LogP contribution in [0.3, 0.4) is 0 Å². The van der Waals surface area contributed by atoms with Gasteiger partial charge in [0.05, 0.1) is 6.54 Å². The number of aryl methyl sites for hydroxylation is 1. The predicted octanol–water partition coefficient (Wildman–Crippen LogP) is 2.66. The first-order chi connectivity index (χ1) is 14.9. The maximum atomic E-state index is 13.0. The molecule has 0 unspecified atom stereocenters. The first kappa shape index (κ1) is 20.9. The van der Waals surface area contributed by atoms with Crippen LogP contribution in [0.25, 0.3) is 0 Å². The zero-order valence-corrected chi connectivity index (χ0v) is 17.6. The van der Waals surface area contributed by atoms with Crippen LogP contribution in [-0.2, 0) is 6.54 Å². The standard InChI is InChI=1S/C24H27N3O4/c1-3-8-25-23(29)20-13-27(12-19-7-4-15(2)31-19)14-21(22(20)28)24(30)26-11-18-10-16-5-6-17(18)9-16/h3-7,13-14,16-18H,1,8-12H2,2H3,(H,25,29)(H,26,30)/t16-,17+,18-/m1/s1. The normalized spacial score (nSPS) is 21.3. The number of pyridine rings is 1. The molecule has 2 aromatic heterocycles. The number of rotatable bonds is 8. The van der Waals surface area contributed by atoms with E-state index in [1.807, 2.05) is 19.1 Å². The third kappa shape index (κ3) is 4.55. The second kappa shape index (κ2) is 8.79. The highest BCUT2D eigenvalue weighted by atomic mass is 16.3. The molecule has 0 radical (unpaired) electrons. The summed E-state index contributed by atoms with van der Waals surface area (Å²) in [5, 5.41) is 5.53. The molecule has 7 nitrogen and oxygen atoms in total. The summed E-state index contributed by atoms with van der Waals surface area (Å²) in [5.74, 6) is 1.93. The number of nitrogens with zero attached hydrogens (tertiary/aromatic N) is 1. The van der Waals surface area contributed by atoms with Crippen molar-refractivity contribution >= 4 is 11.8 Å². The smallest absolute Gasteiger partial charge is 0.257 e. The van der Waals surface area contributed by atoms with E-state index in [1.165, 1.54) is 18.5 Å². The lowest BCUT2D eigenvalue weighted by atomic mass is 9.93. The van der Waals surface area contributed by atoms with E-state index in [2.05, 4.69) is 29.4 Å². The number of nitrogens with one attached hydrogen (secondary N) is 2. The Labute approximate surface area is 180 Å². The van der Waals surface area contributed by atoms with Crippen molar-refractivity contribution in [1.29, 1.82) is 0 Å². The topological polar surface area (TPSA) is 93.3 Å². The molecule has 2 N–H and O–H groups in total. The Kier molecular flexibility index (Phi) is 5.93. The van der Waals surface area contributed by atoms with E-state index < -0.39 is 17.2 Å². The Morgan fingerprint density at radius 3 is 2.48 bits per heavy atom. The van der Waals surface area contributed by atoms with Crippen LogP contribution in [0.1, 0.15) is 45.1 Å². The lowest BCUT2D eigenvalue weighted by Crippen LogP contribution is -2.37. The molecule has 3 atom stereocenters. The third-order valence-corrected chi connectivity index (χ3v) is 6.05. The Bertz CT molecular complexity index is 1090. The quantitative estimate of drug-likeness (QED) is 0.641. The van der Waals surface area contributed by atoms with Crippen molar-refractivity contribution < 1.29 is 14.0 Å². The Hall–Kier alpha value is -3.35. The fourth-order valence-electron chi connectivity index (χ4n) is 4.50. The minimum Gasteiger partial charge on any atom is -0.464 e. The molecule has 2 aliphatic carbocycles. The van der Waals surface area contributed by atoms with Gasteiger partial charge in [0.1, 0.15) is 22.6 Å². The number of allylic oxidation sites excluding steroid dienone is 2. The van der Waals surface area contributed by atoms with Gasteiger partial charge in [0.2, 0.25) is 5.43 Å². The molecule has 162 valence electrons. The van der Waals surface area contributed by atoms with Crippen molar-refractivity contribution in [2.24, 2.45) is 17.8 Å². The molecule has 31 heavy (non-hydrogen) atoms. The molecule has 1 fully saturated rings. The first-order valence-electron chi connectivity index (χ1n) is 10.6. The van der Waals surface area contributed by atoms with Crippen LogP contribution < -0.4 is 16.1 Å². The molecule has 2 bridgehead atoms. The van der Waals surface area contributed by atoms with Crippen LogP contribution in [0.15, 0.2) is 58.5 Å². The summed E-state index contributed by atoms with van der Waals surface area (Å²) in [6.07, 6.45) is 11.2. The van der Waals surface area contributed by atoms with Crippen LogP contribution in [0.2, 0.25) is 0 Å². The third-order valence-electron chi connectivity index (χ3n) is 6.05. The van der Waals surface area contributed by atoms with Crippen LogP contribution in [0.5, 0.6) is 0 Å². The van der Waals surface area contributed by atoms with Gasteiger partial charge in [-0.2, -0.15) is 0 Å². The van der Waals surface area contributed by atoms with Crippen molar-refractivity contribution in [3.05, 3.63) is 82.2 Å². The SMILES string of the molecule is C=CCNC(=O)c1cn(Cc2ccc(C)o2)cc(C(=O)NC[C@H]2C[C@@H]3C=C[C@H]2C3)c1=O. The molecule has 4 rings (SSSR count). The molecule has 0 saturated heterocycles. The van der Waals surface area contributed by atoms with Crippen molar-refractivity contribution in [3.8, 4) is 0 Å². The monoisotopic (exact) mass is 421 g/mol.